The molecule has 0 aliphatic rings. The molecule has 0 bridgehead atoms. The summed E-state index contributed by atoms with van der Waals surface area (Å²) < 4.78 is 5.18. The van der Waals surface area contributed by atoms with E-state index in [0.29, 0.717) is 0 Å². The van der Waals surface area contributed by atoms with Crippen LogP contribution in [0.3, 0.4) is 0 Å². The van der Waals surface area contributed by atoms with Gasteiger partial charge in [-0.2, -0.15) is 0 Å². The van der Waals surface area contributed by atoms with Crippen molar-refractivity contribution in [3.63, 3.8) is 0 Å². The number of methoxy groups -OCH3 is 1. The second kappa shape index (κ2) is 3.54. The van der Waals surface area contributed by atoms with Gasteiger partial charge >= 0.3 is 0 Å². The van der Waals surface area contributed by atoms with E-state index in [2.05, 4.69) is 31.2 Å². The molecule has 1 heteroatoms. The minimum Gasteiger partial charge on any atom is -0.377 e. The normalized spacial score (nSPS) is 13.0. The van der Waals surface area contributed by atoms with Crippen LogP contribution in [0.25, 0.3) is 0 Å². The Hall–Kier alpha value is -0.820. The van der Waals surface area contributed by atoms with Gasteiger partial charge in [0, 0.05) is 7.11 Å². The Labute approximate surface area is 68.0 Å². The first kappa shape index (κ1) is 8.28. The quantitative estimate of drug-likeness (QED) is 0.629. The summed E-state index contributed by atoms with van der Waals surface area (Å²) in [6, 6.07) is 8.41. The number of rotatable bonds is 2. The zero-order chi connectivity index (χ0) is 8.27. The Morgan fingerprint density at radius 2 is 1.73 bits per heavy atom. The molecule has 0 amide bonds. The van der Waals surface area contributed by atoms with Crippen LogP contribution in [-0.2, 0) is 4.74 Å². The highest BCUT2D eigenvalue weighted by atomic mass is 16.5. The molecule has 0 heterocycles. The number of hydrogen-bond acceptors (Lipinski definition) is 1. The molecule has 1 atom stereocenters. The fourth-order valence-corrected chi connectivity index (χ4v) is 0.974. The molecule has 0 saturated heterocycles. The van der Waals surface area contributed by atoms with Crippen molar-refractivity contribution in [1.82, 2.24) is 0 Å². The third-order valence-corrected chi connectivity index (χ3v) is 1.90. The zero-order valence-corrected chi connectivity index (χ0v) is 7.29. The van der Waals surface area contributed by atoms with Gasteiger partial charge in [0.05, 0.1) is 6.10 Å². The maximum absolute atomic E-state index is 5.18. The van der Waals surface area contributed by atoms with Crippen LogP contribution in [0.15, 0.2) is 24.3 Å². The van der Waals surface area contributed by atoms with Crippen LogP contribution in [0.2, 0.25) is 0 Å². The van der Waals surface area contributed by atoms with E-state index in [-0.39, 0.29) is 6.10 Å². The van der Waals surface area contributed by atoms with E-state index in [4.69, 9.17) is 4.74 Å². The molecule has 1 nitrogen and oxygen atoms in total. The molecule has 11 heavy (non-hydrogen) atoms. The Bertz CT molecular complexity index is 213. The highest BCUT2D eigenvalue weighted by molar-refractivity contribution is 5.22. The SMILES string of the molecule is CO[C@@H](C)c1ccc(C)cc1. The van der Waals surface area contributed by atoms with Crippen molar-refractivity contribution in [1.29, 1.82) is 0 Å². The van der Waals surface area contributed by atoms with Crippen LogP contribution >= 0.6 is 0 Å². The minimum absolute atomic E-state index is 0.204. The molecule has 0 N–H and O–H groups in total. The average Bonchev–Trinajstić information content (AvgIpc) is 2.05. The first-order chi connectivity index (χ1) is 5.24. The van der Waals surface area contributed by atoms with Gasteiger partial charge < -0.3 is 4.74 Å². The van der Waals surface area contributed by atoms with Gasteiger partial charge in [-0.25, -0.2) is 0 Å². The lowest BCUT2D eigenvalue weighted by Crippen LogP contribution is -1.94. The van der Waals surface area contributed by atoms with Crippen molar-refractivity contribution in [3.05, 3.63) is 35.4 Å². The lowest BCUT2D eigenvalue weighted by Gasteiger charge is -2.08. The summed E-state index contributed by atoms with van der Waals surface area (Å²) in [5, 5.41) is 0. The number of benzene rings is 1. The van der Waals surface area contributed by atoms with E-state index < -0.39 is 0 Å². The molecule has 0 aliphatic heterocycles. The first-order valence-corrected chi connectivity index (χ1v) is 3.83. The van der Waals surface area contributed by atoms with Gasteiger partial charge in [0.1, 0.15) is 0 Å². The van der Waals surface area contributed by atoms with E-state index in [1.54, 1.807) is 7.11 Å². The summed E-state index contributed by atoms with van der Waals surface area (Å²) in [4.78, 5) is 0. The summed E-state index contributed by atoms with van der Waals surface area (Å²) in [7, 11) is 1.73. The van der Waals surface area contributed by atoms with Gasteiger partial charge in [0.15, 0.2) is 0 Å². The van der Waals surface area contributed by atoms with Crippen molar-refractivity contribution < 1.29 is 4.74 Å². The summed E-state index contributed by atoms with van der Waals surface area (Å²) in [5.41, 5.74) is 2.52. The van der Waals surface area contributed by atoms with Crippen LogP contribution in [0.1, 0.15) is 24.2 Å². The summed E-state index contributed by atoms with van der Waals surface area (Å²) in [6.45, 7) is 4.13. The molecule has 0 unspecified atom stereocenters. The largest absolute Gasteiger partial charge is 0.377 e. The molecule has 0 fully saturated rings. The summed E-state index contributed by atoms with van der Waals surface area (Å²) in [6.07, 6.45) is 0.204. The van der Waals surface area contributed by atoms with E-state index in [1.165, 1.54) is 11.1 Å². The van der Waals surface area contributed by atoms with Gasteiger partial charge in [0.25, 0.3) is 0 Å². The maximum Gasteiger partial charge on any atom is 0.0793 e. The van der Waals surface area contributed by atoms with Crippen LogP contribution in [0, 0.1) is 6.92 Å². The highest BCUT2D eigenvalue weighted by Crippen LogP contribution is 2.15. The lowest BCUT2D eigenvalue weighted by molar-refractivity contribution is 0.119. The third kappa shape index (κ3) is 2.05. The molecule has 1 rings (SSSR count). The molecule has 0 spiro atoms. The van der Waals surface area contributed by atoms with Crippen LogP contribution in [-0.4, -0.2) is 7.11 Å². The van der Waals surface area contributed by atoms with Gasteiger partial charge in [-0.15, -0.1) is 0 Å². The predicted octanol–water partition coefficient (Wildman–Crippen LogP) is 2.70. The molecule has 0 aromatic heterocycles. The fourth-order valence-electron chi connectivity index (χ4n) is 0.974. The van der Waals surface area contributed by atoms with Gasteiger partial charge in [0.2, 0.25) is 0 Å². The third-order valence-electron chi connectivity index (χ3n) is 1.90. The maximum atomic E-state index is 5.18. The van der Waals surface area contributed by atoms with E-state index in [0.717, 1.165) is 0 Å². The Balaban J connectivity index is 2.81. The zero-order valence-electron chi connectivity index (χ0n) is 7.29. The molecular weight excluding hydrogens is 136 g/mol. The number of aryl methyl sites for hydroxylation is 1. The second-order valence-corrected chi connectivity index (χ2v) is 2.79. The van der Waals surface area contributed by atoms with Crippen LogP contribution < -0.4 is 0 Å². The number of hydrogen-bond donors (Lipinski definition) is 0. The monoisotopic (exact) mass is 150 g/mol. The Morgan fingerprint density at radius 1 is 1.18 bits per heavy atom. The molecule has 0 aliphatic carbocycles. The van der Waals surface area contributed by atoms with E-state index in [1.807, 2.05) is 6.92 Å². The minimum atomic E-state index is 0.204. The first-order valence-electron chi connectivity index (χ1n) is 3.83. The standard InChI is InChI=1S/C10H14O/c1-8-4-6-10(7-5-8)9(2)11-3/h4-7,9H,1-3H3/t9-/m0/s1. The lowest BCUT2D eigenvalue weighted by atomic mass is 10.1. The van der Waals surface area contributed by atoms with Crippen LogP contribution in [0.4, 0.5) is 0 Å². The summed E-state index contributed by atoms with van der Waals surface area (Å²) >= 11 is 0. The van der Waals surface area contributed by atoms with E-state index in [9.17, 15) is 0 Å². The predicted molar refractivity (Wildman–Crippen MR) is 46.6 cm³/mol. The number of ether oxygens (including phenoxy) is 1. The highest BCUT2D eigenvalue weighted by Gasteiger charge is 2.00. The molecule has 60 valence electrons. The molecule has 0 radical (unpaired) electrons. The second-order valence-electron chi connectivity index (χ2n) is 2.79. The fraction of sp³-hybridized carbons (Fsp3) is 0.400. The van der Waals surface area contributed by atoms with Gasteiger partial charge in [-0.1, -0.05) is 29.8 Å². The van der Waals surface area contributed by atoms with Crippen molar-refractivity contribution in [2.75, 3.05) is 7.11 Å². The smallest absolute Gasteiger partial charge is 0.0793 e. The molecule has 0 saturated carbocycles. The topological polar surface area (TPSA) is 9.23 Å². The molecular formula is C10H14O. The van der Waals surface area contributed by atoms with Crippen molar-refractivity contribution in [2.45, 2.75) is 20.0 Å². The van der Waals surface area contributed by atoms with Gasteiger partial charge in [-0.3, -0.25) is 0 Å². The Morgan fingerprint density at radius 3 is 2.18 bits per heavy atom. The van der Waals surface area contributed by atoms with Crippen molar-refractivity contribution in [3.8, 4) is 0 Å². The Kier molecular flexibility index (Phi) is 2.66. The average molecular weight is 150 g/mol. The van der Waals surface area contributed by atoms with E-state index >= 15 is 0 Å². The summed E-state index contributed by atoms with van der Waals surface area (Å²) in [5.74, 6) is 0. The van der Waals surface area contributed by atoms with Gasteiger partial charge in [-0.05, 0) is 19.4 Å². The molecule has 1 aromatic rings. The van der Waals surface area contributed by atoms with Crippen molar-refractivity contribution in [2.24, 2.45) is 0 Å². The van der Waals surface area contributed by atoms with Crippen molar-refractivity contribution >= 4 is 0 Å². The molecule has 1 aromatic carbocycles. The van der Waals surface area contributed by atoms with Crippen LogP contribution in [0.5, 0.6) is 0 Å².